The van der Waals surface area contributed by atoms with Crippen LogP contribution >= 0.6 is 0 Å². The number of rotatable bonds is 3. The highest BCUT2D eigenvalue weighted by atomic mass is 19.2. The number of hydrogen-bond donors (Lipinski definition) is 0. The molecule has 2 aromatic heterocycles. The van der Waals surface area contributed by atoms with Crippen molar-refractivity contribution >= 4 is 11.5 Å². The molecule has 1 aromatic carbocycles. The first kappa shape index (κ1) is 14.9. The molecule has 0 atom stereocenters. The lowest BCUT2D eigenvalue weighted by Crippen LogP contribution is -2.29. The van der Waals surface area contributed by atoms with Crippen molar-refractivity contribution in [3.05, 3.63) is 42.4 Å². The van der Waals surface area contributed by atoms with Crippen molar-refractivity contribution in [1.82, 2.24) is 34.9 Å². The number of anilines is 1. The highest BCUT2D eigenvalue weighted by Gasteiger charge is 2.40. The molecule has 0 bridgehead atoms. The Labute approximate surface area is 154 Å². The Morgan fingerprint density at radius 2 is 2.04 bits per heavy atom. The van der Waals surface area contributed by atoms with E-state index in [-0.39, 0.29) is 6.67 Å². The number of benzene rings is 1. The molecule has 27 heavy (non-hydrogen) atoms. The lowest BCUT2D eigenvalue weighted by atomic mass is 10.0. The number of fused-ring (bicyclic) bond motifs is 6. The van der Waals surface area contributed by atoms with Crippen molar-refractivity contribution in [3.8, 4) is 17.3 Å². The number of para-hydroxylation sites is 1. The lowest BCUT2D eigenvalue weighted by Gasteiger charge is -2.29. The Hall–Kier alpha value is -3.23. The van der Waals surface area contributed by atoms with Crippen molar-refractivity contribution in [2.24, 2.45) is 5.41 Å². The molecule has 0 spiro atoms. The van der Waals surface area contributed by atoms with E-state index in [1.165, 1.54) is 19.0 Å². The van der Waals surface area contributed by atoms with Gasteiger partial charge in [-0.25, -0.2) is 4.57 Å². The molecular formula is C18H17FN8. The molecular weight excluding hydrogens is 347 g/mol. The highest BCUT2D eigenvalue weighted by molar-refractivity contribution is 5.89. The fraction of sp³-hybridized carbons (Fsp3) is 0.333. The van der Waals surface area contributed by atoms with Crippen LogP contribution in [0.4, 0.5) is 10.2 Å². The molecule has 0 amide bonds. The molecule has 3 aliphatic rings. The summed E-state index contributed by atoms with van der Waals surface area (Å²) in [5, 5.41) is 17.8. The van der Waals surface area contributed by atoms with Gasteiger partial charge in [0.1, 0.15) is 12.5 Å². The summed E-state index contributed by atoms with van der Waals surface area (Å²) in [6.45, 7) is 2.40. The fourth-order valence-corrected chi connectivity index (χ4v) is 3.89. The summed E-state index contributed by atoms with van der Waals surface area (Å²) in [7, 11) is 0. The standard InChI is InChI=1S/C18H17FN8/c1-18(6-7-18)8-12-9-20-23-27(12)17-22-21-16-13-4-2-3-5-14(13)25-11-24(19)10-15(25)26(16)17/h2-5,9-10H,6-8,11H2,1H3. The van der Waals surface area contributed by atoms with Crippen molar-refractivity contribution in [3.63, 3.8) is 0 Å². The summed E-state index contributed by atoms with van der Waals surface area (Å²) in [6.07, 6.45) is 6.55. The van der Waals surface area contributed by atoms with Gasteiger partial charge >= 0.3 is 0 Å². The number of nitrogens with zero attached hydrogens (tertiary/aromatic N) is 8. The zero-order valence-electron chi connectivity index (χ0n) is 14.7. The van der Waals surface area contributed by atoms with Crippen molar-refractivity contribution in [2.75, 3.05) is 11.6 Å². The van der Waals surface area contributed by atoms with Gasteiger partial charge in [-0.15, -0.1) is 15.3 Å². The lowest BCUT2D eigenvalue weighted by molar-refractivity contribution is 0.104. The van der Waals surface area contributed by atoms with Crippen LogP contribution in [0.2, 0.25) is 0 Å². The molecule has 1 saturated carbocycles. The van der Waals surface area contributed by atoms with Gasteiger partial charge in [0.05, 0.1) is 23.8 Å². The zero-order valence-corrected chi connectivity index (χ0v) is 14.7. The molecule has 1 fully saturated rings. The van der Waals surface area contributed by atoms with E-state index in [4.69, 9.17) is 0 Å². The highest BCUT2D eigenvalue weighted by Crippen LogP contribution is 2.48. The molecule has 3 aromatic rings. The van der Waals surface area contributed by atoms with Crippen molar-refractivity contribution in [1.29, 1.82) is 0 Å². The maximum Gasteiger partial charge on any atom is 0.259 e. The summed E-state index contributed by atoms with van der Waals surface area (Å²) >= 11 is 0. The Morgan fingerprint density at radius 1 is 1.19 bits per heavy atom. The van der Waals surface area contributed by atoms with Crippen LogP contribution in [0.15, 0.2) is 36.7 Å². The molecule has 1 aliphatic carbocycles. The molecule has 9 heteroatoms. The maximum atomic E-state index is 14.1. The molecule has 0 N–H and O–H groups in total. The van der Waals surface area contributed by atoms with Crippen molar-refractivity contribution < 1.29 is 4.48 Å². The Morgan fingerprint density at radius 3 is 2.89 bits per heavy atom. The molecule has 0 radical (unpaired) electrons. The third kappa shape index (κ3) is 2.08. The quantitative estimate of drug-likeness (QED) is 0.666. The summed E-state index contributed by atoms with van der Waals surface area (Å²) in [5.74, 6) is 1.88. The van der Waals surface area contributed by atoms with E-state index >= 15 is 0 Å². The monoisotopic (exact) mass is 364 g/mol. The summed E-state index contributed by atoms with van der Waals surface area (Å²) in [4.78, 5) is 1.91. The van der Waals surface area contributed by atoms with E-state index < -0.39 is 0 Å². The topological polar surface area (TPSA) is 67.9 Å². The minimum absolute atomic E-state index is 0.131. The Bertz CT molecular complexity index is 1090. The zero-order chi connectivity index (χ0) is 18.2. The average Bonchev–Trinajstić information content (AvgIpc) is 3.05. The second kappa shape index (κ2) is 4.93. The van der Waals surface area contributed by atoms with Gasteiger partial charge in [-0.1, -0.05) is 28.8 Å². The number of hydrogen-bond acceptors (Lipinski definition) is 6. The van der Waals surface area contributed by atoms with Gasteiger partial charge in [0.2, 0.25) is 0 Å². The third-order valence-electron chi connectivity index (χ3n) is 5.64. The minimum Gasteiger partial charge on any atom is -0.304 e. The average molecular weight is 364 g/mol. The second-order valence-corrected chi connectivity index (χ2v) is 7.76. The first-order chi connectivity index (χ1) is 13.1. The van der Waals surface area contributed by atoms with Gasteiger partial charge in [-0.2, -0.15) is 9.80 Å². The maximum absolute atomic E-state index is 14.1. The first-order valence-corrected chi connectivity index (χ1v) is 9.00. The van der Waals surface area contributed by atoms with Crippen LogP contribution in [0.5, 0.6) is 0 Å². The second-order valence-electron chi connectivity index (χ2n) is 7.76. The van der Waals surface area contributed by atoms with Crippen LogP contribution in [0, 0.1) is 5.41 Å². The summed E-state index contributed by atoms with van der Waals surface area (Å²) < 4.78 is 17.7. The summed E-state index contributed by atoms with van der Waals surface area (Å²) in [6, 6.07) is 7.83. The first-order valence-electron chi connectivity index (χ1n) is 9.00. The Balaban J connectivity index is 1.55. The molecule has 6 rings (SSSR count). The molecule has 136 valence electrons. The van der Waals surface area contributed by atoms with Gasteiger partial charge in [0.15, 0.2) is 5.82 Å². The molecule has 0 saturated heterocycles. The van der Waals surface area contributed by atoms with Crippen LogP contribution in [0.3, 0.4) is 0 Å². The SMILES string of the molecule is CC1(Cc2cnnn2-c2nnc3n2C2=CN(F)CN2c2ccccc2-3)CC1. The van der Waals surface area contributed by atoms with Gasteiger partial charge < -0.3 is 4.90 Å². The van der Waals surface area contributed by atoms with Crippen LogP contribution in [-0.2, 0) is 6.42 Å². The summed E-state index contributed by atoms with van der Waals surface area (Å²) in [5.41, 5.74) is 3.14. The smallest absolute Gasteiger partial charge is 0.259 e. The molecule has 4 heterocycles. The van der Waals surface area contributed by atoms with E-state index in [1.807, 2.05) is 33.7 Å². The van der Waals surface area contributed by atoms with Crippen LogP contribution in [0.1, 0.15) is 25.5 Å². The predicted molar refractivity (Wildman–Crippen MR) is 96.0 cm³/mol. The van der Waals surface area contributed by atoms with E-state index in [0.29, 0.717) is 28.1 Å². The van der Waals surface area contributed by atoms with Crippen LogP contribution < -0.4 is 4.90 Å². The van der Waals surface area contributed by atoms with Gasteiger partial charge in [0, 0.05) is 5.56 Å². The van der Waals surface area contributed by atoms with E-state index in [0.717, 1.165) is 23.4 Å². The van der Waals surface area contributed by atoms with Crippen LogP contribution in [-0.4, -0.2) is 41.5 Å². The molecule has 8 nitrogen and oxygen atoms in total. The van der Waals surface area contributed by atoms with E-state index in [1.54, 1.807) is 10.9 Å². The van der Waals surface area contributed by atoms with Crippen molar-refractivity contribution in [2.45, 2.75) is 26.2 Å². The Kier molecular flexibility index (Phi) is 2.72. The largest absolute Gasteiger partial charge is 0.304 e. The van der Waals surface area contributed by atoms with Gasteiger partial charge in [-0.05, 0) is 36.8 Å². The van der Waals surface area contributed by atoms with Crippen LogP contribution in [0.25, 0.3) is 23.2 Å². The van der Waals surface area contributed by atoms with Gasteiger partial charge in [0.25, 0.3) is 5.95 Å². The molecule has 0 unspecified atom stereocenters. The van der Waals surface area contributed by atoms with E-state index in [9.17, 15) is 4.48 Å². The van der Waals surface area contributed by atoms with E-state index in [2.05, 4.69) is 27.4 Å². The molecule has 2 aliphatic heterocycles. The number of halogens is 1. The minimum atomic E-state index is 0.131. The normalized spacial score (nSPS) is 18.8. The fourth-order valence-electron chi connectivity index (χ4n) is 3.89. The number of aromatic nitrogens is 6. The third-order valence-corrected chi connectivity index (χ3v) is 5.64. The predicted octanol–water partition coefficient (Wildman–Crippen LogP) is 2.60. The van der Waals surface area contributed by atoms with Gasteiger partial charge in [-0.3, -0.25) is 0 Å².